The van der Waals surface area contributed by atoms with Gasteiger partial charge in [-0.15, -0.1) is 23.1 Å². The molecule has 0 saturated carbocycles. The Morgan fingerprint density at radius 1 is 1.30 bits per heavy atom. The molecule has 0 amide bonds. The third-order valence-corrected chi connectivity index (χ3v) is 6.06. The molecule has 112 valence electrons. The predicted molar refractivity (Wildman–Crippen MR) is 89.4 cm³/mol. The van der Waals surface area contributed by atoms with Crippen LogP contribution in [0.1, 0.15) is 30.4 Å². The Morgan fingerprint density at radius 3 is 2.35 bits per heavy atom. The first-order valence-electron chi connectivity index (χ1n) is 6.91. The van der Waals surface area contributed by atoms with Crippen LogP contribution in [0.4, 0.5) is 10.7 Å². The fourth-order valence-electron chi connectivity index (χ4n) is 2.52. The van der Waals surface area contributed by atoms with Crippen LogP contribution in [0.5, 0.6) is 0 Å². The van der Waals surface area contributed by atoms with Crippen LogP contribution >= 0.6 is 23.1 Å². The number of rotatable bonds is 4. The van der Waals surface area contributed by atoms with E-state index >= 15 is 0 Å². The lowest BCUT2D eigenvalue weighted by Crippen LogP contribution is -2.48. The van der Waals surface area contributed by atoms with Gasteiger partial charge in [0, 0.05) is 39.1 Å². The number of nitrogens with zero attached hydrogens (tertiary/aromatic N) is 2. The molecule has 20 heavy (non-hydrogen) atoms. The Balaban J connectivity index is 2.21. The van der Waals surface area contributed by atoms with Crippen LogP contribution in [0.25, 0.3) is 0 Å². The molecule has 2 N–H and O–H groups in total. The largest absolute Gasteiger partial charge is 0.396 e. The number of carbonyl (C=O) groups is 1. The number of carbonyl (C=O) groups excluding carboxylic acids is 1. The molecule has 4 nitrogen and oxygen atoms in total. The minimum atomic E-state index is 0.0647. The minimum absolute atomic E-state index is 0.0647. The van der Waals surface area contributed by atoms with Crippen molar-refractivity contribution in [1.29, 1.82) is 0 Å². The van der Waals surface area contributed by atoms with Crippen LogP contribution in [0.15, 0.2) is 4.90 Å². The molecule has 0 atom stereocenters. The normalized spacial score (nSPS) is 16.9. The van der Waals surface area contributed by atoms with Crippen molar-refractivity contribution in [2.24, 2.45) is 0 Å². The van der Waals surface area contributed by atoms with Gasteiger partial charge in [-0.05, 0) is 20.1 Å². The Kier molecular flexibility index (Phi) is 4.99. The van der Waals surface area contributed by atoms with Gasteiger partial charge in [-0.2, -0.15) is 0 Å². The fourth-order valence-corrected chi connectivity index (χ4v) is 4.65. The summed E-state index contributed by atoms with van der Waals surface area (Å²) in [6.07, 6.45) is 2.02. The van der Waals surface area contributed by atoms with E-state index in [9.17, 15) is 4.79 Å². The highest BCUT2D eigenvalue weighted by Gasteiger charge is 2.25. The van der Waals surface area contributed by atoms with Gasteiger partial charge in [0.2, 0.25) is 0 Å². The lowest BCUT2D eigenvalue weighted by molar-refractivity contribution is 0.102. The zero-order valence-corrected chi connectivity index (χ0v) is 14.2. The van der Waals surface area contributed by atoms with E-state index in [1.54, 1.807) is 30.0 Å². The summed E-state index contributed by atoms with van der Waals surface area (Å²) in [5.74, 6) is 0.0647. The van der Waals surface area contributed by atoms with Gasteiger partial charge in [-0.25, -0.2) is 0 Å². The fraction of sp³-hybridized carbons (Fsp3) is 0.643. The molecule has 0 bridgehead atoms. The molecule has 1 aromatic heterocycles. The van der Waals surface area contributed by atoms with Gasteiger partial charge in [-0.3, -0.25) is 9.69 Å². The lowest BCUT2D eigenvalue weighted by atomic mass is 10.2. The Hall–Kier alpha value is -0.720. The van der Waals surface area contributed by atoms with E-state index in [1.165, 1.54) is 5.00 Å². The highest BCUT2D eigenvalue weighted by Crippen LogP contribution is 2.44. The summed E-state index contributed by atoms with van der Waals surface area (Å²) in [6.45, 7) is 10.2. The maximum atomic E-state index is 11.7. The zero-order chi connectivity index (χ0) is 14.9. The number of hydrogen-bond acceptors (Lipinski definition) is 6. The topological polar surface area (TPSA) is 49.6 Å². The van der Waals surface area contributed by atoms with E-state index in [-0.39, 0.29) is 5.78 Å². The number of nitrogens with two attached hydrogens (primary N) is 1. The third kappa shape index (κ3) is 2.97. The van der Waals surface area contributed by atoms with Gasteiger partial charge in [0.25, 0.3) is 0 Å². The number of thioether (sulfide) groups is 1. The van der Waals surface area contributed by atoms with E-state index in [0.717, 1.165) is 31.1 Å². The van der Waals surface area contributed by atoms with Gasteiger partial charge in [0.05, 0.1) is 15.5 Å². The SMILES string of the molecule is CSc1c(N2CCN(C(C)C)CC2)sc(C(C)=O)c1N. The highest BCUT2D eigenvalue weighted by molar-refractivity contribution is 7.99. The van der Waals surface area contributed by atoms with Crippen LogP contribution in [-0.4, -0.2) is 49.2 Å². The number of ketones is 1. The zero-order valence-electron chi connectivity index (χ0n) is 12.6. The summed E-state index contributed by atoms with van der Waals surface area (Å²) >= 11 is 3.19. The second-order valence-corrected chi connectivity index (χ2v) is 7.17. The summed E-state index contributed by atoms with van der Waals surface area (Å²) < 4.78 is 0. The van der Waals surface area contributed by atoms with E-state index in [1.807, 2.05) is 6.26 Å². The van der Waals surface area contributed by atoms with Crippen molar-refractivity contribution in [2.75, 3.05) is 43.1 Å². The highest BCUT2D eigenvalue weighted by atomic mass is 32.2. The molecule has 0 aliphatic carbocycles. The molecule has 0 radical (unpaired) electrons. The number of piperazine rings is 1. The van der Waals surface area contributed by atoms with Crippen molar-refractivity contribution in [2.45, 2.75) is 31.7 Å². The monoisotopic (exact) mass is 313 g/mol. The minimum Gasteiger partial charge on any atom is -0.396 e. The number of Topliss-reactive ketones (excluding diaryl/α,β-unsaturated/α-hetero) is 1. The standard InChI is InChI=1S/C14H23N3OS2/c1-9(2)16-5-7-17(8-6-16)14-13(19-4)11(15)12(20-14)10(3)18/h9H,5-8,15H2,1-4H3. The summed E-state index contributed by atoms with van der Waals surface area (Å²) in [5.41, 5.74) is 6.79. The molecule has 1 aromatic rings. The van der Waals surface area contributed by atoms with Gasteiger partial charge in [-0.1, -0.05) is 0 Å². The van der Waals surface area contributed by atoms with Crippen LogP contribution in [0.2, 0.25) is 0 Å². The molecular formula is C14H23N3OS2. The summed E-state index contributed by atoms with van der Waals surface area (Å²) in [6, 6.07) is 0.596. The smallest absolute Gasteiger partial charge is 0.171 e. The maximum Gasteiger partial charge on any atom is 0.171 e. The second kappa shape index (κ2) is 6.37. The first kappa shape index (κ1) is 15.7. The Bertz CT molecular complexity index is 491. The summed E-state index contributed by atoms with van der Waals surface area (Å²) in [7, 11) is 0. The molecule has 2 heterocycles. The Morgan fingerprint density at radius 2 is 1.90 bits per heavy atom. The molecular weight excluding hydrogens is 290 g/mol. The van der Waals surface area contributed by atoms with Crippen molar-refractivity contribution in [3.05, 3.63) is 4.88 Å². The third-order valence-electron chi connectivity index (χ3n) is 3.74. The van der Waals surface area contributed by atoms with E-state index in [4.69, 9.17) is 5.73 Å². The quantitative estimate of drug-likeness (QED) is 0.684. The van der Waals surface area contributed by atoms with Gasteiger partial charge in [0.1, 0.15) is 5.00 Å². The van der Waals surface area contributed by atoms with Crippen molar-refractivity contribution in [1.82, 2.24) is 4.90 Å². The molecule has 2 rings (SSSR count). The average Bonchev–Trinajstić information content (AvgIpc) is 2.75. The molecule has 0 aromatic carbocycles. The van der Waals surface area contributed by atoms with Crippen LogP contribution in [-0.2, 0) is 0 Å². The van der Waals surface area contributed by atoms with Gasteiger partial charge in [0.15, 0.2) is 5.78 Å². The second-order valence-electron chi connectivity index (χ2n) is 5.36. The number of nitrogen functional groups attached to an aromatic ring is 1. The van der Waals surface area contributed by atoms with E-state index in [2.05, 4.69) is 23.6 Å². The van der Waals surface area contributed by atoms with Crippen molar-refractivity contribution >= 4 is 39.6 Å². The van der Waals surface area contributed by atoms with Gasteiger partial charge < -0.3 is 10.6 Å². The molecule has 0 unspecified atom stereocenters. The molecule has 1 saturated heterocycles. The summed E-state index contributed by atoms with van der Waals surface area (Å²) in [5, 5.41) is 1.17. The molecule has 1 fully saturated rings. The lowest BCUT2D eigenvalue weighted by Gasteiger charge is -2.37. The van der Waals surface area contributed by atoms with Crippen molar-refractivity contribution in [3.8, 4) is 0 Å². The van der Waals surface area contributed by atoms with Crippen LogP contribution in [0.3, 0.4) is 0 Å². The predicted octanol–water partition coefficient (Wildman–Crippen LogP) is 2.79. The van der Waals surface area contributed by atoms with E-state index in [0.29, 0.717) is 16.6 Å². The van der Waals surface area contributed by atoms with Gasteiger partial charge >= 0.3 is 0 Å². The molecule has 1 aliphatic rings. The first-order valence-corrected chi connectivity index (χ1v) is 8.96. The number of thiophene rings is 1. The van der Waals surface area contributed by atoms with Crippen molar-refractivity contribution in [3.63, 3.8) is 0 Å². The Labute approximate surface area is 129 Å². The number of hydrogen-bond donors (Lipinski definition) is 1. The molecule has 1 aliphatic heterocycles. The average molecular weight is 313 g/mol. The molecule has 6 heteroatoms. The van der Waals surface area contributed by atoms with Crippen molar-refractivity contribution < 1.29 is 4.79 Å². The van der Waals surface area contributed by atoms with E-state index < -0.39 is 0 Å². The summed E-state index contributed by atoms with van der Waals surface area (Å²) in [4.78, 5) is 18.3. The van der Waals surface area contributed by atoms with Crippen LogP contribution in [0, 0.1) is 0 Å². The molecule has 0 spiro atoms. The number of anilines is 2. The van der Waals surface area contributed by atoms with Crippen LogP contribution < -0.4 is 10.6 Å². The maximum absolute atomic E-state index is 11.7. The first-order chi connectivity index (χ1) is 9.45.